The van der Waals surface area contributed by atoms with Crippen molar-refractivity contribution >= 4 is 51.9 Å². The molecule has 0 radical (unpaired) electrons. The van der Waals surface area contributed by atoms with E-state index < -0.39 is 0 Å². The highest BCUT2D eigenvalue weighted by Crippen LogP contribution is 2.44. The van der Waals surface area contributed by atoms with Crippen molar-refractivity contribution in [2.75, 3.05) is 22.9 Å². The molecule has 2 aromatic carbocycles. The molecular formula is C32H33Cl2N5S. The lowest BCUT2D eigenvalue weighted by Gasteiger charge is -2.37. The smallest absolute Gasteiger partial charge is 0.174 e. The van der Waals surface area contributed by atoms with Crippen molar-refractivity contribution in [1.29, 1.82) is 0 Å². The van der Waals surface area contributed by atoms with Gasteiger partial charge in [-0.1, -0.05) is 43.1 Å². The van der Waals surface area contributed by atoms with Crippen LogP contribution in [0.1, 0.15) is 49.3 Å². The molecule has 5 nitrogen and oxygen atoms in total. The molecule has 2 aliphatic heterocycles. The van der Waals surface area contributed by atoms with Crippen molar-refractivity contribution < 1.29 is 0 Å². The predicted octanol–water partition coefficient (Wildman–Crippen LogP) is 8.15. The molecule has 4 heterocycles. The summed E-state index contributed by atoms with van der Waals surface area (Å²) in [6.07, 6.45) is 5.17. The Kier molecular flexibility index (Phi) is 7.51. The first-order valence-corrected chi connectivity index (χ1v) is 15.0. The van der Waals surface area contributed by atoms with Gasteiger partial charge in [-0.05, 0) is 104 Å². The number of aromatic nitrogens is 2. The van der Waals surface area contributed by atoms with Gasteiger partial charge in [-0.25, -0.2) is 0 Å². The zero-order chi connectivity index (χ0) is 28.0. The Morgan fingerprint density at radius 1 is 0.900 bits per heavy atom. The maximum atomic E-state index is 7.01. The summed E-state index contributed by atoms with van der Waals surface area (Å²) in [5.74, 6) is 1.28. The van der Waals surface area contributed by atoms with E-state index >= 15 is 0 Å². The van der Waals surface area contributed by atoms with Crippen LogP contribution in [0, 0.1) is 18.8 Å². The van der Waals surface area contributed by atoms with E-state index in [2.05, 4.69) is 76.1 Å². The van der Waals surface area contributed by atoms with Crippen molar-refractivity contribution in [1.82, 2.24) is 14.9 Å². The normalized spacial score (nSPS) is 23.0. The second-order valence-corrected chi connectivity index (χ2v) is 12.4. The van der Waals surface area contributed by atoms with Gasteiger partial charge in [0.05, 0.1) is 22.4 Å². The molecule has 2 saturated heterocycles. The number of anilines is 2. The van der Waals surface area contributed by atoms with Gasteiger partial charge in [0.25, 0.3) is 0 Å². The molecule has 0 amide bonds. The van der Waals surface area contributed by atoms with Crippen LogP contribution in [0.5, 0.6) is 0 Å². The summed E-state index contributed by atoms with van der Waals surface area (Å²) in [5.41, 5.74) is 6.12. The van der Waals surface area contributed by atoms with Crippen LogP contribution in [-0.4, -0.2) is 27.8 Å². The Bertz CT molecular complexity index is 1530. The molecule has 4 atom stereocenters. The topological polar surface area (TPSA) is 36.3 Å². The number of nitrogens with zero attached hydrogens (tertiary/aromatic N) is 4. The first-order chi connectivity index (χ1) is 19.3. The Morgan fingerprint density at radius 2 is 1.68 bits per heavy atom. The number of aryl methyl sites for hydroxylation is 1. The Balaban J connectivity index is 1.43. The maximum absolute atomic E-state index is 7.01. The van der Waals surface area contributed by atoms with Crippen molar-refractivity contribution in [2.24, 2.45) is 11.8 Å². The number of hydrogen-bond acceptors (Lipinski definition) is 3. The lowest BCUT2D eigenvalue weighted by molar-refractivity contribution is 0.357. The molecule has 4 aromatic rings. The molecule has 0 saturated carbocycles. The zero-order valence-corrected chi connectivity index (χ0v) is 25.2. The molecule has 2 aromatic heterocycles. The highest BCUT2D eigenvalue weighted by atomic mass is 35.5. The molecule has 1 N–H and O–H groups in total. The molecule has 0 unspecified atom stereocenters. The number of rotatable bonds is 5. The van der Waals surface area contributed by atoms with E-state index in [1.54, 1.807) is 0 Å². The maximum Gasteiger partial charge on any atom is 0.174 e. The van der Waals surface area contributed by atoms with E-state index in [0.29, 0.717) is 16.9 Å². The fraction of sp³-hybridized carbons (Fsp3) is 0.312. The molecule has 0 spiro atoms. The standard InChI is InChI=1S/C32H33Cl2N5S/c1-20-15-21(2)19-37(18-20)28-12-10-24(17-26(28)34)39-31(30(36-32(39)40)27-7-4-5-13-35-27)29-8-6-14-38(29)23-9-11-25(33)22(3)16-23/h4-14,16-17,20-21,30-31H,15,18-19H2,1-3H3,(H,36,40)/t20-,21-,30+,31-/m1/s1. The first kappa shape index (κ1) is 27.1. The largest absolute Gasteiger partial charge is 0.370 e. The fourth-order valence-electron chi connectivity index (χ4n) is 6.34. The minimum atomic E-state index is -0.162. The van der Waals surface area contributed by atoms with Crippen molar-refractivity contribution in [3.05, 3.63) is 106 Å². The predicted molar refractivity (Wildman–Crippen MR) is 170 cm³/mol. The molecular weight excluding hydrogens is 557 g/mol. The van der Waals surface area contributed by atoms with E-state index in [-0.39, 0.29) is 12.1 Å². The summed E-state index contributed by atoms with van der Waals surface area (Å²) < 4.78 is 2.21. The van der Waals surface area contributed by atoms with Gasteiger partial charge in [0.15, 0.2) is 5.11 Å². The first-order valence-electron chi connectivity index (χ1n) is 13.8. The molecule has 206 valence electrons. The highest BCUT2D eigenvalue weighted by Gasteiger charge is 2.42. The summed E-state index contributed by atoms with van der Waals surface area (Å²) in [7, 11) is 0. The van der Waals surface area contributed by atoms with Gasteiger partial charge in [-0.15, -0.1) is 0 Å². The van der Waals surface area contributed by atoms with Crippen molar-refractivity contribution in [2.45, 2.75) is 39.3 Å². The van der Waals surface area contributed by atoms with Gasteiger partial charge < -0.3 is 19.7 Å². The third-order valence-electron chi connectivity index (χ3n) is 8.02. The summed E-state index contributed by atoms with van der Waals surface area (Å²) >= 11 is 19.4. The molecule has 2 fully saturated rings. The van der Waals surface area contributed by atoms with Crippen LogP contribution in [-0.2, 0) is 0 Å². The van der Waals surface area contributed by atoms with Crippen molar-refractivity contribution in [3.63, 3.8) is 0 Å². The molecule has 2 aliphatic rings. The van der Waals surface area contributed by atoms with Crippen LogP contribution in [0.4, 0.5) is 11.4 Å². The Labute approximate surface area is 251 Å². The molecule has 6 rings (SSSR count). The van der Waals surface area contributed by atoms with Crippen LogP contribution in [0.25, 0.3) is 5.69 Å². The van der Waals surface area contributed by atoms with Crippen LogP contribution in [0.15, 0.2) is 79.1 Å². The number of hydrogen-bond donors (Lipinski definition) is 1. The Morgan fingerprint density at radius 3 is 2.38 bits per heavy atom. The molecule has 8 heteroatoms. The quantitative estimate of drug-likeness (QED) is 0.238. The molecule has 0 aliphatic carbocycles. The molecule has 40 heavy (non-hydrogen) atoms. The fourth-order valence-corrected chi connectivity index (χ4v) is 7.10. The minimum absolute atomic E-state index is 0.155. The number of thiocarbonyl (C=S) groups is 1. The number of pyridine rings is 1. The minimum Gasteiger partial charge on any atom is -0.370 e. The number of piperidine rings is 1. The third-order valence-corrected chi connectivity index (χ3v) is 9.06. The summed E-state index contributed by atoms with van der Waals surface area (Å²) in [6, 6.07) is 22.4. The average molecular weight is 591 g/mol. The molecule has 0 bridgehead atoms. The lowest BCUT2D eigenvalue weighted by Crippen LogP contribution is -2.38. The van der Waals surface area contributed by atoms with E-state index in [1.807, 2.05) is 43.5 Å². The van der Waals surface area contributed by atoms with Gasteiger partial charge >= 0.3 is 0 Å². The number of benzene rings is 2. The van der Waals surface area contributed by atoms with Gasteiger partial charge in [0.2, 0.25) is 0 Å². The van der Waals surface area contributed by atoms with Crippen LogP contribution < -0.4 is 15.1 Å². The average Bonchev–Trinajstić information content (AvgIpc) is 3.54. The summed E-state index contributed by atoms with van der Waals surface area (Å²) in [6.45, 7) is 8.70. The van der Waals surface area contributed by atoms with Gasteiger partial charge in [0.1, 0.15) is 6.04 Å². The SMILES string of the molecule is Cc1cc(-n2cccc2[C@@H]2[C@H](c3ccccn3)NC(=S)N2c2ccc(N3C[C@H](C)C[C@@H](C)C3)c(Cl)c2)ccc1Cl. The lowest BCUT2D eigenvalue weighted by atomic mass is 9.91. The van der Waals surface area contributed by atoms with E-state index in [4.69, 9.17) is 40.4 Å². The van der Waals surface area contributed by atoms with Crippen LogP contribution >= 0.6 is 35.4 Å². The Hall–Kier alpha value is -3.06. The van der Waals surface area contributed by atoms with Crippen molar-refractivity contribution in [3.8, 4) is 5.69 Å². The van der Waals surface area contributed by atoms with Crippen LogP contribution in [0.2, 0.25) is 10.0 Å². The van der Waals surface area contributed by atoms with Gasteiger partial charge in [-0.3, -0.25) is 4.98 Å². The van der Waals surface area contributed by atoms with E-state index in [9.17, 15) is 0 Å². The third kappa shape index (κ3) is 5.09. The number of nitrogens with one attached hydrogen (secondary N) is 1. The number of halogens is 2. The highest BCUT2D eigenvalue weighted by molar-refractivity contribution is 7.80. The van der Waals surface area contributed by atoms with Gasteiger partial charge in [0, 0.05) is 47.6 Å². The van der Waals surface area contributed by atoms with Gasteiger partial charge in [-0.2, -0.15) is 0 Å². The summed E-state index contributed by atoms with van der Waals surface area (Å²) in [4.78, 5) is 9.32. The second kappa shape index (κ2) is 11.1. The van der Waals surface area contributed by atoms with Crippen LogP contribution in [0.3, 0.4) is 0 Å². The van der Waals surface area contributed by atoms with E-state index in [1.165, 1.54) is 6.42 Å². The van der Waals surface area contributed by atoms with E-state index in [0.717, 1.165) is 57.1 Å². The summed E-state index contributed by atoms with van der Waals surface area (Å²) in [5, 5.41) is 5.71. The second-order valence-electron chi connectivity index (χ2n) is 11.2. The monoisotopic (exact) mass is 589 g/mol. The zero-order valence-electron chi connectivity index (χ0n) is 22.9.